The Morgan fingerprint density at radius 2 is 2.17 bits per heavy atom. The van der Waals surface area contributed by atoms with Gasteiger partial charge in [-0.05, 0) is 61.5 Å². The second-order valence-electron chi connectivity index (χ2n) is 8.22. The minimum atomic E-state index is -0.810. The Morgan fingerprint density at radius 1 is 1.35 bits per heavy atom. The zero-order chi connectivity index (χ0) is 16.2. The highest BCUT2D eigenvalue weighted by Gasteiger charge is 2.60. The third-order valence-corrected chi connectivity index (χ3v) is 7.40. The van der Waals surface area contributed by atoms with Gasteiger partial charge in [-0.25, -0.2) is 0 Å². The molecule has 3 fully saturated rings. The molecule has 0 aromatic carbocycles. The summed E-state index contributed by atoms with van der Waals surface area (Å²) in [5.74, 6) is 1.38. The van der Waals surface area contributed by atoms with Crippen molar-refractivity contribution in [3.8, 4) is 6.07 Å². The molecule has 1 unspecified atom stereocenters. The van der Waals surface area contributed by atoms with Crippen LogP contribution in [0.3, 0.4) is 0 Å². The van der Waals surface area contributed by atoms with Crippen molar-refractivity contribution in [1.29, 1.82) is 5.26 Å². The number of rotatable bonds is 1. The fourth-order valence-electron chi connectivity index (χ4n) is 6.00. The van der Waals surface area contributed by atoms with Gasteiger partial charge in [0.2, 0.25) is 0 Å². The van der Waals surface area contributed by atoms with Crippen molar-refractivity contribution in [2.75, 3.05) is 0 Å². The zero-order valence-electron chi connectivity index (χ0n) is 13.9. The standard InChI is InChI=1S/C20H25NO2/c1-19-8-6-16-15-5-3-14(22)12-13(15)2-4-17(16)18(19)7-9-20(19,23)10-11-21/h2,17-18,23H,3-10,12H2,1H3/t17-,18+,19+,20?/m1/s1. The van der Waals surface area contributed by atoms with Gasteiger partial charge >= 0.3 is 0 Å². The Bertz CT molecular complexity index is 668. The third kappa shape index (κ3) is 2.01. The maximum Gasteiger partial charge on any atom is 0.137 e. The highest BCUT2D eigenvalue weighted by atomic mass is 16.3. The Labute approximate surface area is 138 Å². The normalized spacial score (nSPS) is 42.5. The molecule has 0 aliphatic heterocycles. The van der Waals surface area contributed by atoms with Crippen LogP contribution in [0.1, 0.15) is 64.7 Å². The minimum absolute atomic E-state index is 0.132. The number of aliphatic hydroxyl groups is 1. The van der Waals surface area contributed by atoms with Gasteiger partial charge in [0.05, 0.1) is 18.1 Å². The number of fused-ring (bicyclic) bond motifs is 4. The van der Waals surface area contributed by atoms with Crippen LogP contribution in [0.4, 0.5) is 0 Å². The van der Waals surface area contributed by atoms with E-state index in [0.29, 0.717) is 30.5 Å². The van der Waals surface area contributed by atoms with Crippen molar-refractivity contribution in [2.45, 2.75) is 70.3 Å². The number of hydrogen-bond acceptors (Lipinski definition) is 3. The van der Waals surface area contributed by atoms with Crippen LogP contribution in [-0.4, -0.2) is 16.5 Å². The van der Waals surface area contributed by atoms with Crippen LogP contribution >= 0.6 is 0 Å². The number of carbonyl (C=O) groups is 1. The predicted molar refractivity (Wildman–Crippen MR) is 87.3 cm³/mol. The average molecular weight is 311 g/mol. The molecule has 0 amide bonds. The molecule has 0 aromatic heterocycles. The number of ketones is 1. The van der Waals surface area contributed by atoms with Crippen molar-refractivity contribution >= 4 is 5.78 Å². The SMILES string of the molecule is C[C@]12CCC3=C4CCC(=O)CC4=CC[C@H]3[C@@H]1CCC2(O)CC#N. The summed E-state index contributed by atoms with van der Waals surface area (Å²) in [4.78, 5) is 11.7. The molecule has 4 aliphatic rings. The molecule has 4 rings (SSSR count). The lowest BCUT2D eigenvalue weighted by atomic mass is 9.55. The second kappa shape index (κ2) is 5.05. The molecule has 122 valence electrons. The lowest BCUT2D eigenvalue weighted by Gasteiger charge is -2.51. The predicted octanol–water partition coefficient (Wildman–Crippen LogP) is 3.84. The fourth-order valence-corrected chi connectivity index (χ4v) is 6.00. The molecular formula is C20H25NO2. The quantitative estimate of drug-likeness (QED) is 0.800. The van der Waals surface area contributed by atoms with Gasteiger partial charge in [0, 0.05) is 18.3 Å². The van der Waals surface area contributed by atoms with E-state index < -0.39 is 5.60 Å². The van der Waals surface area contributed by atoms with E-state index in [1.807, 2.05) is 0 Å². The smallest absolute Gasteiger partial charge is 0.137 e. The van der Waals surface area contributed by atoms with Crippen molar-refractivity contribution in [3.05, 3.63) is 22.8 Å². The molecule has 4 atom stereocenters. The van der Waals surface area contributed by atoms with Gasteiger partial charge in [-0.15, -0.1) is 0 Å². The van der Waals surface area contributed by atoms with Crippen LogP contribution < -0.4 is 0 Å². The van der Waals surface area contributed by atoms with Crippen LogP contribution in [-0.2, 0) is 4.79 Å². The van der Waals surface area contributed by atoms with Crippen molar-refractivity contribution in [1.82, 2.24) is 0 Å². The van der Waals surface area contributed by atoms with E-state index in [0.717, 1.165) is 38.5 Å². The molecule has 1 N–H and O–H groups in total. The molecular weight excluding hydrogens is 286 g/mol. The molecule has 3 nitrogen and oxygen atoms in total. The lowest BCUT2D eigenvalue weighted by molar-refractivity contribution is -0.118. The molecule has 0 aromatic rings. The van der Waals surface area contributed by atoms with Crippen LogP contribution in [0, 0.1) is 28.6 Å². The highest BCUT2D eigenvalue weighted by Crippen LogP contribution is 2.63. The molecule has 23 heavy (non-hydrogen) atoms. The molecule has 0 saturated heterocycles. The van der Waals surface area contributed by atoms with Crippen LogP contribution in [0.5, 0.6) is 0 Å². The first-order chi connectivity index (χ1) is 11.0. The van der Waals surface area contributed by atoms with Gasteiger partial charge in [-0.2, -0.15) is 5.26 Å². The van der Waals surface area contributed by atoms with Gasteiger partial charge in [0.1, 0.15) is 5.78 Å². The van der Waals surface area contributed by atoms with E-state index in [2.05, 4.69) is 19.1 Å². The fraction of sp³-hybridized carbons (Fsp3) is 0.700. The number of nitrogens with zero attached hydrogens (tertiary/aromatic N) is 1. The van der Waals surface area contributed by atoms with E-state index in [1.165, 1.54) is 11.1 Å². The van der Waals surface area contributed by atoms with Crippen LogP contribution in [0.2, 0.25) is 0 Å². The van der Waals surface area contributed by atoms with Gasteiger partial charge < -0.3 is 5.11 Å². The summed E-state index contributed by atoms with van der Waals surface area (Å²) in [6.45, 7) is 2.22. The number of Topliss-reactive ketones (excluding diaryl/α,β-unsaturated/α-hetero) is 1. The highest BCUT2D eigenvalue weighted by molar-refractivity contribution is 5.84. The van der Waals surface area contributed by atoms with Crippen LogP contribution in [0.25, 0.3) is 0 Å². The molecule has 0 heterocycles. The molecule has 0 radical (unpaired) electrons. The summed E-state index contributed by atoms with van der Waals surface area (Å²) in [6, 6.07) is 2.22. The molecule has 0 spiro atoms. The van der Waals surface area contributed by atoms with Crippen molar-refractivity contribution in [2.24, 2.45) is 17.3 Å². The van der Waals surface area contributed by atoms with Gasteiger partial charge in [-0.3, -0.25) is 4.79 Å². The first kappa shape index (κ1) is 15.1. The van der Waals surface area contributed by atoms with E-state index in [-0.39, 0.29) is 11.8 Å². The second-order valence-corrected chi connectivity index (χ2v) is 8.22. The molecule has 3 saturated carbocycles. The maximum absolute atomic E-state index is 11.7. The summed E-state index contributed by atoms with van der Waals surface area (Å²) >= 11 is 0. The third-order valence-electron chi connectivity index (χ3n) is 7.40. The van der Waals surface area contributed by atoms with E-state index in [4.69, 9.17) is 5.26 Å². The summed E-state index contributed by atoms with van der Waals surface area (Å²) in [7, 11) is 0. The average Bonchev–Trinajstić information content (AvgIpc) is 2.79. The Morgan fingerprint density at radius 3 is 2.96 bits per heavy atom. The van der Waals surface area contributed by atoms with Crippen molar-refractivity contribution < 1.29 is 9.90 Å². The number of hydrogen-bond donors (Lipinski definition) is 1. The first-order valence-corrected chi connectivity index (χ1v) is 9.01. The van der Waals surface area contributed by atoms with Crippen LogP contribution in [0.15, 0.2) is 22.8 Å². The van der Waals surface area contributed by atoms with E-state index >= 15 is 0 Å². The van der Waals surface area contributed by atoms with Crippen molar-refractivity contribution in [3.63, 3.8) is 0 Å². The summed E-state index contributed by atoms with van der Waals surface area (Å²) in [6.07, 6.45) is 9.62. The number of nitriles is 1. The Balaban J connectivity index is 1.69. The Hall–Kier alpha value is -1.40. The monoisotopic (exact) mass is 311 g/mol. The first-order valence-electron chi connectivity index (χ1n) is 9.01. The largest absolute Gasteiger partial charge is 0.388 e. The van der Waals surface area contributed by atoms with Gasteiger partial charge in [-0.1, -0.05) is 18.6 Å². The van der Waals surface area contributed by atoms with E-state index in [9.17, 15) is 9.90 Å². The summed E-state index contributed by atoms with van der Waals surface area (Å²) < 4.78 is 0. The summed E-state index contributed by atoms with van der Waals surface area (Å²) in [5, 5.41) is 20.3. The maximum atomic E-state index is 11.7. The number of carbonyl (C=O) groups excluding carboxylic acids is 1. The summed E-state index contributed by atoms with van der Waals surface area (Å²) in [5.41, 5.74) is 3.40. The molecule has 0 bridgehead atoms. The minimum Gasteiger partial charge on any atom is -0.388 e. The molecule has 4 aliphatic carbocycles. The Kier molecular flexibility index (Phi) is 3.32. The van der Waals surface area contributed by atoms with E-state index in [1.54, 1.807) is 5.57 Å². The molecule has 3 heteroatoms. The van der Waals surface area contributed by atoms with Gasteiger partial charge in [0.25, 0.3) is 0 Å². The lowest BCUT2D eigenvalue weighted by Crippen LogP contribution is -2.49. The topological polar surface area (TPSA) is 61.1 Å². The number of allylic oxidation sites excluding steroid dienone is 4. The zero-order valence-corrected chi connectivity index (χ0v) is 13.9. The van der Waals surface area contributed by atoms with Gasteiger partial charge in [0.15, 0.2) is 0 Å².